The van der Waals surface area contributed by atoms with Crippen LogP contribution in [0.25, 0.3) is 32.5 Å². The third-order valence-corrected chi connectivity index (χ3v) is 8.81. The van der Waals surface area contributed by atoms with Gasteiger partial charge in [0, 0.05) is 60.4 Å². The van der Waals surface area contributed by atoms with Crippen molar-refractivity contribution in [1.82, 2.24) is 19.9 Å². The first kappa shape index (κ1) is 34.2. The summed E-state index contributed by atoms with van der Waals surface area (Å²) in [5.41, 5.74) is 0.296. The van der Waals surface area contributed by atoms with Gasteiger partial charge in [-0.05, 0) is 71.8 Å². The Morgan fingerprint density at radius 2 is 1.70 bits per heavy atom. The fourth-order valence-corrected chi connectivity index (χ4v) is 6.68. The number of carbonyl (C=O) groups excluding carboxylic acids is 2. The molecule has 47 heavy (non-hydrogen) atoms. The van der Waals surface area contributed by atoms with Crippen LogP contribution in [-0.4, -0.2) is 70.5 Å². The number of fused-ring (bicyclic) bond motifs is 1. The summed E-state index contributed by atoms with van der Waals surface area (Å²) in [5, 5.41) is 1.05. The van der Waals surface area contributed by atoms with Crippen LogP contribution < -0.4 is 4.74 Å². The number of nitrogens with zero attached hydrogens (tertiary/aromatic N) is 4. The molecular weight excluding hydrogens is 623 g/mol. The topological polar surface area (TPSA) is 113 Å². The molecule has 0 spiro atoms. The first-order chi connectivity index (χ1) is 22.2. The molecule has 0 atom stereocenters. The van der Waals surface area contributed by atoms with Gasteiger partial charge in [0.2, 0.25) is 0 Å². The highest BCUT2D eigenvalue weighted by Gasteiger charge is 2.30. The van der Waals surface area contributed by atoms with Crippen molar-refractivity contribution < 1.29 is 32.9 Å². The Hall–Kier alpha value is -4.16. The first-order valence-electron chi connectivity index (χ1n) is 15.5. The van der Waals surface area contributed by atoms with E-state index in [1.54, 1.807) is 58.4 Å². The van der Waals surface area contributed by atoms with E-state index in [1.165, 1.54) is 29.5 Å². The van der Waals surface area contributed by atoms with Crippen LogP contribution in [0.2, 0.25) is 0 Å². The van der Waals surface area contributed by atoms with Crippen LogP contribution in [0, 0.1) is 5.82 Å². The second kappa shape index (κ2) is 13.5. The van der Waals surface area contributed by atoms with Crippen molar-refractivity contribution in [3.63, 3.8) is 0 Å². The number of pyridine rings is 2. The van der Waals surface area contributed by atoms with Crippen LogP contribution in [0.15, 0.2) is 36.8 Å². The highest BCUT2D eigenvalue weighted by atomic mass is 32.1. The average molecular weight is 665 g/mol. The molecule has 0 radical (unpaired) electrons. The van der Waals surface area contributed by atoms with Gasteiger partial charge in [0.05, 0.1) is 24.7 Å². The van der Waals surface area contributed by atoms with E-state index in [0.29, 0.717) is 40.5 Å². The third kappa shape index (κ3) is 7.70. The van der Waals surface area contributed by atoms with Crippen LogP contribution in [0.1, 0.15) is 81.4 Å². The minimum Gasteiger partial charge on any atom is -0.496 e. The molecule has 0 aliphatic carbocycles. The number of methoxy groups -OCH3 is 1. The molecule has 1 amide bonds. The molecule has 4 heterocycles. The zero-order chi connectivity index (χ0) is 34.1. The summed E-state index contributed by atoms with van der Waals surface area (Å²) in [6.07, 6.45) is 5.78. The number of benzene rings is 1. The summed E-state index contributed by atoms with van der Waals surface area (Å²) in [5.74, 6) is -0.792. The molecule has 0 N–H and O–H groups in total. The number of amides is 1. The van der Waals surface area contributed by atoms with Gasteiger partial charge in [-0.1, -0.05) is 12.1 Å². The maximum absolute atomic E-state index is 16.8. The Morgan fingerprint density at radius 1 is 1.00 bits per heavy atom. The SMILES string of the molecule is COc1ccncc1-c1ccc2c(-c3nc(CN(C)C(=O)OC(C)(C)C)c(C4CCOCC4)s3)cnc(C(=O)OC(C)(C)C)c2c1F. The molecule has 10 nitrogen and oxygen atoms in total. The zero-order valence-electron chi connectivity index (χ0n) is 28.1. The van der Waals surface area contributed by atoms with Gasteiger partial charge < -0.3 is 23.8 Å². The predicted molar refractivity (Wildman–Crippen MR) is 178 cm³/mol. The summed E-state index contributed by atoms with van der Waals surface area (Å²) in [4.78, 5) is 42.5. The number of rotatable bonds is 7. The summed E-state index contributed by atoms with van der Waals surface area (Å²) in [6, 6.07) is 5.04. The minimum absolute atomic E-state index is 0.00963. The van der Waals surface area contributed by atoms with E-state index >= 15 is 4.39 Å². The van der Waals surface area contributed by atoms with Crippen molar-refractivity contribution >= 4 is 34.2 Å². The number of hydrogen-bond donors (Lipinski definition) is 0. The standard InChI is InChI=1S/C35H41FN4O6S/c1-34(2,3)45-32(41)29-27-21(9-10-22(28(27)36)23-17-37-14-11-26(23)43-8)24(18-38-29)31-39-25(19-40(7)33(42)46-35(4,5)6)30(47-31)20-12-15-44-16-13-20/h9-11,14,17-18,20H,12-13,15-16,19H2,1-8H3. The van der Waals surface area contributed by atoms with Gasteiger partial charge in [-0.15, -0.1) is 11.3 Å². The molecule has 1 aromatic carbocycles. The molecule has 250 valence electrons. The second-order valence-electron chi connectivity index (χ2n) is 13.5. The molecule has 0 bridgehead atoms. The molecule has 3 aromatic heterocycles. The average Bonchev–Trinajstić information content (AvgIpc) is 3.42. The molecule has 1 saturated heterocycles. The Morgan fingerprint density at radius 3 is 2.36 bits per heavy atom. The molecule has 1 aliphatic rings. The highest BCUT2D eigenvalue weighted by Crippen LogP contribution is 2.42. The second-order valence-corrected chi connectivity index (χ2v) is 14.5. The van der Waals surface area contributed by atoms with Crippen LogP contribution in [0.5, 0.6) is 5.75 Å². The van der Waals surface area contributed by atoms with Crippen LogP contribution in [0.4, 0.5) is 9.18 Å². The van der Waals surface area contributed by atoms with Crippen LogP contribution >= 0.6 is 11.3 Å². The number of esters is 1. The van der Waals surface area contributed by atoms with Gasteiger partial charge in [-0.25, -0.2) is 23.9 Å². The number of halogens is 1. The van der Waals surface area contributed by atoms with E-state index in [1.807, 2.05) is 20.8 Å². The number of aromatic nitrogens is 3. The van der Waals surface area contributed by atoms with Crippen molar-refractivity contribution in [1.29, 1.82) is 0 Å². The zero-order valence-corrected chi connectivity index (χ0v) is 28.9. The maximum atomic E-state index is 16.8. The van der Waals surface area contributed by atoms with E-state index in [0.717, 1.165) is 23.4 Å². The van der Waals surface area contributed by atoms with Crippen molar-refractivity contribution in [2.75, 3.05) is 27.4 Å². The molecule has 0 unspecified atom stereocenters. The lowest BCUT2D eigenvalue weighted by molar-refractivity contribution is 0.00645. The summed E-state index contributed by atoms with van der Waals surface area (Å²) >= 11 is 1.48. The van der Waals surface area contributed by atoms with Crippen molar-refractivity contribution in [3.8, 4) is 27.4 Å². The molecule has 1 fully saturated rings. The maximum Gasteiger partial charge on any atom is 0.410 e. The Balaban J connectivity index is 1.68. The summed E-state index contributed by atoms with van der Waals surface area (Å²) in [7, 11) is 3.18. The quantitative estimate of drug-likeness (QED) is 0.183. The van der Waals surface area contributed by atoms with Gasteiger partial charge in [0.1, 0.15) is 27.8 Å². The van der Waals surface area contributed by atoms with Crippen LogP contribution in [-0.2, 0) is 20.8 Å². The molecule has 4 aromatic rings. The highest BCUT2D eigenvalue weighted by molar-refractivity contribution is 7.15. The largest absolute Gasteiger partial charge is 0.496 e. The number of carbonyl (C=O) groups is 2. The van der Waals surface area contributed by atoms with Gasteiger partial charge >= 0.3 is 12.1 Å². The molecule has 1 aliphatic heterocycles. The van der Waals surface area contributed by atoms with E-state index < -0.39 is 29.1 Å². The molecule has 12 heteroatoms. The van der Waals surface area contributed by atoms with Gasteiger partial charge in [-0.3, -0.25) is 4.98 Å². The molecule has 0 saturated carbocycles. The van der Waals surface area contributed by atoms with Gasteiger partial charge in [0.25, 0.3) is 0 Å². The number of ether oxygens (including phenoxy) is 4. The smallest absolute Gasteiger partial charge is 0.410 e. The summed E-state index contributed by atoms with van der Waals surface area (Å²) < 4.78 is 39.1. The normalized spacial score (nSPS) is 14.2. The van der Waals surface area contributed by atoms with Gasteiger partial charge in [-0.2, -0.15) is 0 Å². The Bertz CT molecular complexity index is 1790. The van der Waals surface area contributed by atoms with Crippen LogP contribution in [0.3, 0.4) is 0 Å². The lowest BCUT2D eigenvalue weighted by Gasteiger charge is -2.25. The fraction of sp³-hybridized carbons (Fsp3) is 0.457. The minimum atomic E-state index is -0.826. The summed E-state index contributed by atoms with van der Waals surface area (Å²) in [6.45, 7) is 12.2. The first-order valence-corrected chi connectivity index (χ1v) is 16.3. The lowest BCUT2D eigenvalue weighted by atomic mass is 9.97. The third-order valence-electron chi connectivity index (χ3n) is 7.52. The van der Waals surface area contributed by atoms with E-state index in [2.05, 4.69) is 9.97 Å². The van der Waals surface area contributed by atoms with Crippen molar-refractivity contribution in [3.05, 3.63) is 58.9 Å². The number of thiazole rings is 1. The van der Waals surface area contributed by atoms with Crippen molar-refractivity contribution in [2.45, 2.75) is 78.0 Å². The van der Waals surface area contributed by atoms with Gasteiger partial charge in [0.15, 0.2) is 5.69 Å². The molecular formula is C35H41FN4O6S. The fourth-order valence-electron chi connectivity index (χ4n) is 5.42. The Labute approximate surface area is 278 Å². The lowest BCUT2D eigenvalue weighted by Crippen LogP contribution is -2.34. The Kier molecular flexibility index (Phi) is 9.83. The van der Waals surface area contributed by atoms with Crippen molar-refractivity contribution in [2.24, 2.45) is 0 Å². The van der Waals surface area contributed by atoms with E-state index in [-0.39, 0.29) is 29.1 Å². The predicted octanol–water partition coefficient (Wildman–Crippen LogP) is 7.78. The molecule has 5 rings (SSSR count). The number of hydrogen-bond acceptors (Lipinski definition) is 10. The van der Waals surface area contributed by atoms with E-state index in [9.17, 15) is 9.59 Å². The monoisotopic (exact) mass is 664 g/mol. The van der Waals surface area contributed by atoms with E-state index in [4.69, 9.17) is 23.9 Å².